The van der Waals surface area contributed by atoms with Gasteiger partial charge in [0.1, 0.15) is 11.9 Å². The van der Waals surface area contributed by atoms with Gasteiger partial charge >= 0.3 is 13.5 Å². The summed E-state index contributed by atoms with van der Waals surface area (Å²) < 4.78 is 60.8. The van der Waals surface area contributed by atoms with E-state index in [0.717, 1.165) is 12.3 Å². The van der Waals surface area contributed by atoms with E-state index in [2.05, 4.69) is 9.51 Å². The maximum Gasteiger partial charge on any atom is 0.469 e. The molecule has 14 heteroatoms. The van der Waals surface area contributed by atoms with Gasteiger partial charge in [-0.1, -0.05) is 0 Å². The Labute approximate surface area is 131 Å². The van der Waals surface area contributed by atoms with Crippen molar-refractivity contribution in [2.24, 2.45) is 0 Å². The highest BCUT2D eigenvalue weighted by molar-refractivity contribution is 7.46. The molecule has 10 nitrogen and oxygen atoms in total. The fourth-order valence-corrected chi connectivity index (χ4v) is 2.53. The summed E-state index contributed by atoms with van der Waals surface area (Å²) in [5.41, 5.74) is 1.03. The summed E-state index contributed by atoms with van der Waals surface area (Å²) >= 11 is 0. The molecule has 0 bridgehead atoms. The zero-order chi connectivity index (χ0) is 18.3. The number of nitrogens with zero attached hydrogens (tertiary/aromatic N) is 2. The summed E-state index contributed by atoms with van der Waals surface area (Å²) in [5, 5.41) is 9.78. The minimum Gasteiger partial charge on any atom is -0.387 e. The number of phosphoric ester groups is 1. The lowest BCUT2D eigenvalue weighted by atomic mass is 9.97. The number of hydrogen-bond donors (Lipinski definition) is 4. The maximum absolute atomic E-state index is 14.2. The summed E-state index contributed by atoms with van der Waals surface area (Å²) in [6.45, 7) is -1.51. The Morgan fingerprint density at radius 3 is 2.67 bits per heavy atom. The molecular weight excluding hydrogens is 362 g/mol. The second kappa shape index (κ2) is 6.43. The number of anilines is 1. The molecule has 0 aliphatic carbocycles. The van der Waals surface area contributed by atoms with E-state index in [4.69, 9.17) is 20.3 Å². The Hall–Kier alpha value is -1.50. The lowest BCUT2D eigenvalue weighted by Gasteiger charge is -2.30. The predicted molar refractivity (Wildman–Crippen MR) is 70.7 cm³/mol. The van der Waals surface area contributed by atoms with Crippen LogP contribution < -0.4 is 11.4 Å². The van der Waals surface area contributed by atoms with Gasteiger partial charge in [-0.3, -0.25) is 9.09 Å². The van der Waals surface area contributed by atoms with Crippen molar-refractivity contribution < 1.29 is 41.9 Å². The number of phosphoric acid groups is 1. The molecule has 0 spiro atoms. The number of aliphatic hydroxyl groups is 1. The van der Waals surface area contributed by atoms with Crippen LogP contribution in [-0.2, 0) is 13.8 Å². The topological polar surface area (TPSA) is 157 Å². The van der Waals surface area contributed by atoms with E-state index >= 15 is 0 Å². The summed E-state index contributed by atoms with van der Waals surface area (Å²) in [6.07, 6.45) is -9.74. The molecule has 0 unspecified atom stereocenters. The third-order valence-electron chi connectivity index (χ3n) is 3.37. The summed E-state index contributed by atoms with van der Waals surface area (Å²) in [5.74, 6) is -0.213. The Morgan fingerprint density at radius 2 is 2.17 bits per heavy atom. The summed E-state index contributed by atoms with van der Waals surface area (Å²) in [6, 6.07) is 1.07. The van der Waals surface area contributed by atoms with Crippen LogP contribution in [-0.4, -0.2) is 55.4 Å². The number of halogens is 3. The van der Waals surface area contributed by atoms with Crippen LogP contribution in [0.3, 0.4) is 0 Å². The van der Waals surface area contributed by atoms with Crippen molar-refractivity contribution in [1.82, 2.24) is 9.55 Å². The van der Waals surface area contributed by atoms with Crippen molar-refractivity contribution in [1.29, 1.82) is 0 Å². The molecule has 1 aromatic heterocycles. The van der Waals surface area contributed by atoms with Crippen molar-refractivity contribution in [2.75, 3.05) is 12.3 Å². The molecule has 1 aliphatic rings. The van der Waals surface area contributed by atoms with Crippen molar-refractivity contribution >= 4 is 13.6 Å². The molecular formula is C10H13F3N3O7P. The highest BCUT2D eigenvalue weighted by Gasteiger charge is 2.62. The fourth-order valence-electron chi connectivity index (χ4n) is 2.16. The maximum atomic E-state index is 14.2. The molecule has 2 heterocycles. The van der Waals surface area contributed by atoms with Crippen LogP contribution in [0.5, 0.6) is 0 Å². The summed E-state index contributed by atoms with van der Waals surface area (Å²) in [4.78, 5) is 32.2. The number of alkyl halides is 3. The van der Waals surface area contributed by atoms with E-state index in [0.29, 0.717) is 4.57 Å². The first-order valence-corrected chi connectivity index (χ1v) is 7.84. The molecule has 1 aliphatic heterocycles. The lowest BCUT2D eigenvalue weighted by Crippen LogP contribution is -2.52. The van der Waals surface area contributed by atoms with Gasteiger partial charge in [-0.15, -0.1) is 0 Å². The molecule has 4 atom stereocenters. The van der Waals surface area contributed by atoms with Crippen LogP contribution in [0.25, 0.3) is 0 Å². The number of nitrogens with two attached hydrogens (primary N) is 1. The molecule has 0 amide bonds. The van der Waals surface area contributed by atoms with E-state index in [1.807, 2.05) is 0 Å². The van der Waals surface area contributed by atoms with Crippen molar-refractivity contribution in [3.63, 3.8) is 0 Å². The van der Waals surface area contributed by atoms with Crippen molar-refractivity contribution in [3.8, 4) is 0 Å². The van der Waals surface area contributed by atoms with Crippen LogP contribution in [0.4, 0.5) is 19.0 Å². The van der Waals surface area contributed by atoms with Crippen LogP contribution in [0.1, 0.15) is 6.23 Å². The zero-order valence-corrected chi connectivity index (χ0v) is 12.6. The molecule has 1 saturated heterocycles. The molecule has 2 rings (SSSR count). The normalized spacial score (nSPS) is 30.9. The highest BCUT2D eigenvalue weighted by atomic mass is 31.2. The zero-order valence-electron chi connectivity index (χ0n) is 11.7. The molecule has 1 aromatic rings. The predicted octanol–water partition coefficient (Wildman–Crippen LogP) is -0.834. The SMILES string of the molecule is Nc1ccn([C@@H]2O[C@@](COP(=O)(O)O)(C(F)F)[C@@H](O)[C@H]2F)c(=O)n1. The van der Waals surface area contributed by atoms with Crippen LogP contribution in [0.2, 0.25) is 0 Å². The smallest absolute Gasteiger partial charge is 0.387 e. The number of nitrogen functional groups attached to an aromatic ring is 1. The standard InChI is InChI=1S/C10H13F3N3O7P/c11-5-6(17)10(8(12)13,3-22-24(19,20)21)23-7(5)16-2-1-4(14)15-9(16)18/h1-2,5-8,17H,3H2,(H2,14,15,18)(H2,19,20,21)/t5-,6+,7-,10-/m1/s1. The molecule has 1 fully saturated rings. The minimum atomic E-state index is -5.20. The molecule has 0 aromatic carbocycles. The Balaban J connectivity index is 2.38. The number of aromatic nitrogens is 2. The number of aliphatic hydroxyl groups excluding tert-OH is 1. The number of ether oxygens (including phenoxy) is 1. The van der Waals surface area contributed by atoms with Gasteiger partial charge in [-0.25, -0.2) is 22.5 Å². The second-order valence-electron chi connectivity index (χ2n) is 4.96. The minimum absolute atomic E-state index is 0.213. The fraction of sp³-hybridized carbons (Fsp3) is 0.600. The monoisotopic (exact) mass is 375 g/mol. The van der Waals surface area contributed by atoms with Gasteiger partial charge in [0.25, 0.3) is 6.43 Å². The van der Waals surface area contributed by atoms with Gasteiger partial charge in [-0.2, -0.15) is 4.98 Å². The molecule has 5 N–H and O–H groups in total. The van der Waals surface area contributed by atoms with E-state index in [-0.39, 0.29) is 5.82 Å². The van der Waals surface area contributed by atoms with Crippen molar-refractivity contribution in [2.45, 2.75) is 30.5 Å². The number of hydrogen-bond acceptors (Lipinski definition) is 7. The van der Waals surface area contributed by atoms with Gasteiger partial charge in [-0.05, 0) is 6.07 Å². The van der Waals surface area contributed by atoms with Gasteiger partial charge < -0.3 is 25.4 Å². The highest BCUT2D eigenvalue weighted by Crippen LogP contribution is 2.46. The first-order valence-electron chi connectivity index (χ1n) is 6.31. The molecule has 24 heavy (non-hydrogen) atoms. The first-order chi connectivity index (χ1) is 11.0. The third-order valence-corrected chi connectivity index (χ3v) is 3.83. The van der Waals surface area contributed by atoms with Crippen molar-refractivity contribution in [3.05, 3.63) is 22.7 Å². The Bertz CT molecular complexity index is 713. The van der Waals surface area contributed by atoms with Gasteiger partial charge in [0.2, 0.25) is 0 Å². The lowest BCUT2D eigenvalue weighted by molar-refractivity contribution is -0.193. The van der Waals surface area contributed by atoms with E-state index in [1.54, 1.807) is 0 Å². The average molecular weight is 375 g/mol. The van der Waals surface area contributed by atoms with Crippen LogP contribution >= 0.6 is 7.82 Å². The van der Waals surface area contributed by atoms with E-state index in [9.17, 15) is 27.6 Å². The van der Waals surface area contributed by atoms with Gasteiger partial charge in [0, 0.05) is 6.20 Å². The average Bonchev–Trinajstić information content (AvgIpc) is 2.70. The molecule has 0 saturated carbocycles. The second-order valence-corrected chi connectivity index (χ2v) is 6.20. The largest absolute Gasteiger partial charge is 0.469 e. The molecule has 136 valence electrons. The number of rotatable bonds is 5. The first kappa shape index (κ1) is 18.8. The quantitative estimate of drug-likeness (QED) is 0.482. The summed E-state index contributed by atoms with van der Waals surface area (Å²) in [7, 11) is -5.20. The van der Waals surface area contributed by atoms with Crippen LogP contribution in [0.15, 0.2) is 17.1 Å². The Kier molecular flexibility index (Phi) is 5.04. The van der Waals surface area contributed by atoms with E-state index in [1.165, 1.54) is 0 Å². The van der Waals surface area contributed by atoms with Gasteiger partial charge in [0.15, 0.2) is 18.0 Å². The van der Waals surface area contributed by atoms with Crippen LogP contribution in [0, 0.1) is 0 Å². The third kappa shape index (κ3) is 3.45. The molecule has 0 radical (unpaired) electrons. The Morgan fingerprint density at radius 1 is 1.54 bits per heavy atom. The van der Waals surface area contributed by atoms with Gasteiger partial charge in [0.05, 0.1) is 6.61 Å². The van der Waals surface area contributed by atoms with E-state index < -0.39 is 50.6 Å².